The molecule has 4 aromatic rings. The first-order valence-electron chi connectivity index (χ1n) is 10.4. The van der Waals surface area contributed by atoms with E-state index in [2.05, 4.69) is 30.3 Å². The normalized spacial score (nSPS) is 19.2. The van der Waals surface area contributed by atoms with E-state index in [0.717, 1.165) is 22.4 Å². The molecule has 0 saturated carbocycles. The summed E-state index contributed by atoms with van der Waals surface area (Å²) in [4.78, 5) is 0. The fraction of sp³-hybridized carbons (Fsp3) is 0.115. The number of hydrogen-bond donors (Lipinski definition) is 0. The molecular formula is C26H16Cl4N2O. The largest absolute Gasteiger partial charge is 0.463 e. The zero-order valence-electron chi connectivity index (χ0n) is 17.1. The molecule has 0 N–H and O–H groups in total. The van der Waals surface area contributed by atoms with Gasteiger partial charge in [0.15, 0.2) is 0 Å². The highest BCUT2D eigenvalue weighted by atomic mass is 35.5. The van der Waals surface area contributed by atoms with Crippen LogP contribution >= 0.6 is 46.4 Å². The molecule has 164 valence electrons. The van der Waals surface area contributed by atoms with Gasteiger partial charge in [0.1, 0.15) is 5.75 Å². The van der Waals surface area contributed by atoms with Gasteiger partial charge in [-0.05, 0) is 46.7 Å². The third-order valence-corrected chi connectivity index (χ3v) is 7.18. The van der Waals surface area contributed by atoms with E-state index in [9.17, 15) is 0 Å². The van der Waals surface area contributed by atoms with E-state index in [1.165, 1.54) is 10.8 Å². The van der Waals surface area contributed by atoms with Gasteiger partial charge in [-0.3, -0.25) is 0 Å². The zero-order valence-corrected chi connectivity index (χ0v) is 20.1. The average molecular weight is 514 g/mol. The number of fused-ring (bicyclic) bond motifs is 4. The summed E-state index contributed by atoms with van der Waals surface area (Å²) in [6, 6.07) is 23.6. The molecule has 0 unspecified atom stereocenters. The Labute approximate surface area is 211 Å². The van der Waals surface area contributed by atoms with Crippen LogP contribution in [0, 0.1) is 0 Å². The van der Waals surface area contributed by atoms with Crippen LogP contribution in [0.4, 0.5) is 0 Å². The Balaban J connectivity index is 1.49. The Morgan fingerprint density at radius 2 is 1.55 bits per heavy atom. The van der Waals surface area contributed by atoms with Crippen LogP contribution in [0.2, 0.25) is 20.1 Å². The summed E-state index contributed by atoms with van der Waals surface area (Å²) in [6.07, 6.45) is 0.136. The van der Waals surface area contributed by atoms with E-state index >= 15 is 0 Å². The SMILES string of the molecule is Clc1ccc([C@H]2Oc3c(Cl)cc(Cl)cc3[C@@H]3CC(c4ccc5ccccc5c4)=NN23)c(Cl)c1. The van der Waals surface area contributed by atoms with E-state index < -0.39 is 6.23 Å². The molecule has 0 saturated heterocycles. The highest BCUT2D eigenvalue weighted by Crippen LogP contribution is 2.51. The van der Waals surface area contributed by atoms with Crippen molar-refractivity contribution in [1.82, 2.24) is 5.01 Å². The van der Waals surface area contributed by atoms with Crippen molar-refractivity contribution in [3.8, 4) is 5.75 Å². The Morgan fingerprint density at radius 3 is 2.36 bits per heavy atom. The van der Waals surface area contributed by atoms with Crippen molar-refractivity contribution in [3.63, 3.8) is 0 Å². The first-order valence-corrected chi connectivity index (χ1v) is 11.9. The summed E-state index contributed by atoms with van der Waals surface area (Å²) in [7, 11) is 0. The maximum atomic E-state index is 6.57. The number of ether oxygens (including phenoxy) is 1. The minimum Gasteiger partial charge on any atom is -0.463 e. The molecule has 2 aliphatic rings. The molecule has 0 aromatic heterocycles. The molecule has 4 aromatic carbocycles. The van der Waals surface area contributed by atoms with Crippen LogP contribution in [-0.4, -0.2) is 10.7 Å². The average Bonchev–Trinajstić information content (AvgIpc) is 3.25. The molecule has 0 spiro atoms. The molecule has 0 amide bonds. The lowest BCUT2D eigenvalue weighted by molar-refractivity contribution is -0.0188. The second-order valence-corrected chi connectivity index (χ2v) is 9.84. The molecule has 0 radical (unpaired) electrons. The van der Waals surface area contributed by atoms with Gasteiger partial charge in [-0.2, -0.15) is 5.10 Å². The van der Waals surface area contributed by atoms with E-state index in [-0.39, 0.29) is 6.04 Å². The van der Waals surface area contributed by atoms with Crippen LogP contribution in [-0.2, 0) is 0 Å². The number of hydrazone groups is 1. The van der Waals surface area contributed by atoms with Gasteiger partial charge in [-0.1, -0.05) is 88.9 Å². The van der Waals surface area contributed by atoms with Crippen LogP contribution in [0.1, 0.15) is 35.4 Å². The Bertz CT molecular complexity index is 1450. The topological polar surface area (TPSA) is 24.8 Å². The lowest BCUT2D eigenvalue weighted by Crippen LogP contribution is -2.34. The highest BCUT2D eigenvalue weighted by molar-refractivity contribution is 6.36. The van der Waals surface area contributed by atoms with Crippen LogP contribution in [0.15, 0.2) is 77.9 Å². The van der Waals surface area contributed by atoms with Gasteiger partial charge in [-0.15, -0.1) is 0 Å². The molecule has 2 heterocycles. The second kappa shape index (κ2) is 8.11. The summed E-state index contributed by atoms with van der Waals surface area (Å²) < 4.78 is 6.39. The van der Waals surface area contributed by atoms with E-state index in [0.29, 0.717) is 32.3 Å². The highest BCUT2D eigenvalue weighted by Gasteiger charge is 2.42. The van der Waals surface area contributed by atoms with Crippen LogP contribution < -0.4 is 4.74 Å². The van der Waals surface area contributed by atoms with Crippen molar-refractivity contribution < 1.29 is 4.74 Å². The fourth-order valence-corrected chi connectivity index (χ4v) is 5.62. The molecule has 0 fully saturated rings. The smallest absolute Gasteiger partial charge is 0.215 e. The fourth-order valence-electron chi connectivity index (χ4n) is 4.56. The number of benzene rings is 4. The summed E-state index contributed by atoms with van der Waals surface area (Å²) in [5.41, 5.74) is 3.71. The molecule has 2 atom stereocenters. The summed E-state index contributed by atoms with van der Waals surface area (Å²) >= 11 is 25.6. The molecule has 2 aliphatic heterocycles. The first kappa shape index (κ1) is 21.1. The summed E-state index contributed by atoms with van der Waals surface area (Å²) in [6.45, 7) is 0. The van der Waals surface area contributed by atoms with Gasteiger partial charge < -0.3 is 4.74 Å². The lowest BCUT2D eigenvalue weighted by atomic mass is 9.95. The van der Waals surface area contributed by atoms with Crippen molar-refractivity contribution in [2.45, 2.75) is 18.7 Å². The molecule has 0 bridgehead atoms. The van der Waals surface area contributed by atoms with Crippen molar-refractivity contribution in [3.05, 3.63) is 110 Å². The molecule has 3 nitrogen and oxygen atoms in total. The first-order chi connectivity index (χ1) is 16.0. The number of hydrogen-bond acceptors (Lipinski definition) is 3. The van der Waals surface area contributed by atoms with Gasteiger partial charge in [0.2, 0.25) is 6.23 Å². The predicted molar refractivity (Wildman–Crippen MR) is 136 cm³/mol. The van der Waals surface area contributed by atoms with Gasteiger partial charge in [0, 0.05) is 27.6 Å². The van der Waals surface area contributed by atoms with Gasteiger partial charge in [0.25, 0.3) is 0 Å². The van der Waals surface area contributed by atoms with Crippen molar-refractivity contribution in [2.24, 2.45) is 5.10 Å². The monoisotopic (exact) mass is 512 g/mol. The molecule has 7 heteroatoms. The Kier molecular flexibility index (Phi) is 5.19. The van der Waals surface area contributed by atoms with Crippen molar-refractivity contribution in [1.29, 1.82) is 0 Å². The van der Waals surface area contributed by atoms with Gasteiger partial charge >= 0.3 is 0 Å². The van der Waals surface area contributed by atoms with Crippen LogP contribution in [0.5, 0.6) is 5.75 Å². The third kappa shape index (κ3) is 3.64. The molecule has 0 aliphatic carbocycles. The standard InChI is InChI=1S/C26H16Cl4N2O/c27-17-7-8-19(21(29)11-17)26-32-24(20-10-18(28)12-22(30)25(20)33-26)13-23(31-32)16-6-5-14-3-1-2-4-15(14)9-16/h1-12,24,26H,13H2/t24-,26+/m0/s1. The summed E-state index contributed by atoms with van der Waals surface area (Å²) in [5.74, 6) is 0.605. The lowest BCUT2D eigenvalue weighted by Gasteiger charge is -2.39. The Hall–Kier alpha value is -2.43. The van der Waals surface area contributed by atoms with E-state index in [1.807, 2.05) is 29.3 Å². The molecular weight excluding hydrogens is 498 g/mol. The maximum Gasteiger partial charge on any atom is 0.215 e. The quantitative estimate of drug-likeness (QED) is 0.267. The maximum absolute atomic E-state index is 6.57. The van der Waals surface area contributed by atoms with Gasteiger partial charge in [-0.25, -0.2) is 5.01 Å². The minimum absolute atomic E-state index is 0.0943. The number of halogens is 4. The predicted octanol–water partition coefficient (Wildman–Crippen LogP) is 8.70. The number of rotatable bonds is 2. The molecule has 6 rings (SSSR count). The third-order valence-electron chi connectivity index (χ3n) is 6.12. The number of nitrogens with zero attached hydrogens (tertiary/aromatic N) is 2. The van der Waals surface area contributed by atoms with Crippen LogP contribution in [0.25, 0.3) is 10.8 Å². The summed E-state index contributed by atoms with van der Waals surface area (Å²) in [5, 5.41) is 11.4. The van der Waals surface area contributed by atoms with E-state index in [1.54, 1.807) is 18.2 Å². The molecule has 33 heavy (non-hydrogen) atoms. The van der Waals surface area contributed by atoms with Crippen LogP contribution in [0.3, 0.4) is 0 Å². The van der Waals surface area contributed by atoms with Crippen molar-refractivity contribution >= 4 is 62.9 Å². The van der Waals surface area contributed by atoms with Gasteiger partial charge in [0.05, 0.1) is 21.8 Å². The second-order valence-electron chi connectivity index (χ2n) is 8.15. The minimum atomic E-state index is -0.552. The zero-order chi connectivity index (χ0) is 22.7. The Morgan fingerprint density at radius 1 is 0.758 bits per heavy atom. The van der Waals surface area contributed by atoms with Crippen molar-refractivity contribution in [2.75, 3.05) is 0 Å². The van der Waals surface area contributed by atoms with E-state index in [4.69, 9.17) is 56.2 Å².